The van der Waals surface area contributed by atoms with Crippen LogP contribution in [0.4, 0.5) is 0 Å². The van der Waals surface area contributed by atoms with Crippen molar-refractivity contribution in [1.29, 1.82) is 0 Å². The lowest BCUT2D eigenvalue weighted by Crippen LogP contribution is -2.50. The van der Waals surface area contributed by atoms with E-state index in [9.17, 15) is 4.79 Å². The molecule has 0 radical (unpaired) electrons. The summed E-state index contributed by atoms with van der Waals surface area (Å²) in [5.74, 6) is 2.06. The summed E-state index contributed by atoms with van der Waals surface area (Å²) in [6.07, 6.45) is 5.83. The van der Waals surface area contributed by atoms with Crippen LogP contribution >= 0.6 is 24.0 Å². The van der Waals surface area contributed by atoms with Crippen molar-refractivity contribution in [2.45, 2.75) is 63.8 Å². The number of carbonyl (C=O) groups is 1. The lowest BCUT2D eigenvalue weighted by atomic mass is 9.69. The highest BCUT2D eigenvalue weighted by Gasteiger charge is 2.34. The van der Waals surface area contributed by atoms with Crippen LogP contribution < -0.4 is 25.4 Å². The molecule has 0 spiro atoms. The third kappa shape index (κ3) is 8.05. The van der Waals surface area contributed by atoms with Crippen molar-refractivity contribution >= 4 is 35.8 Å². The maximum Gasteiger partial charge on any atom is 0.239 e. The molecular formula is C23H39IN4O3. The Morgan fingerprint density at radius 3 is 2.26 bits per heavy atom. The molecule has 0 heterocycles. The van der Waals surface area contributed by atoms with Crippen LogP contribution in [0.15, 0.2) is 23.2 Å². The average molecular weight is 546 g/mol. The Morgan fingerprint density at radius 2 is 1.71 bits per heavy atom. The van der Waals surface area contributed by atoms with Crippen molar-refractivity contribution < 1.29 is 14.3 Å². The highest BCUT2D eigenvalue weighted by molar-refractivity contribution is 14.0. The Labute approximate surface area is 204 Å². The summed E-state index contributed by atoms with van der Waals surface area (Å²) in [7, 11) is 5.05. The minimum absolute atomic E-state index is 0. The number of rotatable bonds is 7. The van der Waals surface area contributed by atoms with Crippen molar-refractivity contribution in [3.8, 4) is 11.5 Å². The molecular weight excluding hydrogens is 507 g/mol. The summed E-state index contributed by atoms with van der Waals surface area (Å²) in [6, 6.07) is 6.22. The van der Waals surface area contributed by atoms with Crippen molar-refractivity contribution in [2.24, 2.45) is 4.99 Å². The molecule has 3 N–H and O–H groups in total. The van der Waals surface area contributed by atoms with Gasteiger partial charge in [0.05, 0.1) is 20.8 Å². The SMILES string of the molecule is CN=C(NCC(=O)NC(C)(C)C)NCC1(c2ccc(OC)c(OC)c2)CCCCC1.I. The molecule has 1 fully saturated rings. The number of carbonyl (C=O) groups excluding carboxylic acids is 1. The summed E-state index contributed by atoms with van der Waals surface area (Å²) in [5, 5.41) is 9.52. The van der Waals surface area contributed by atoms with Gasteiger partial charge in [0, 0.05) is 24.5 Å². The number of amides is 1. The van der Waals surface area contributed by atoms with Gasteiger partial charge in [-0.1, -0.05) is 25.3 Å². The normalized spacial score (nSPS) is 16.0. The highest BCUT2D eigenvalue weighted by Crippen LogP contribution is 2.42. The molecule has 0 aromatic heterocycles. The average Bonchev–Trinajstić information content (AvgIpc) is 2.72. The molecule has 176 valence electrons. The van der Waals surface area contributed by atoms with Crippen LogP contribution in [0.25, 0.3) is 0 Å². The van der Waals surface area contributed by atoms with E-state index in [4.69, 9.17) is 9.47 Å². The van der Waals surface area contributed by atoms with Crippen molar-refractivity contribution in [3.63, 3.8) is 0 Å². The third-order valence-electron chi connectivity index (χ3n) is 5.56. The number of nitrogens with one attached hydrogen (secondary N) is 3. The molecule has 1 aromatic rings. The van der Waals surface area contributed by atoms with Gasteiger partial charge in [0.2, 0.25) is 5.91 Å². The van der Waals surface area contributed by atoms with E-state index >= 15 is 0 Å². The number of methoxy groups -OCH3 is 2. The maximum atomic E-state index is 12.1. The van der Waals surface area contributed by atoms with Gasteiger partial charge < -0.3 is 25.4 Å². The summed E-state index contributed by atoms with van der Waals surface area (Å²) in [6.45, 7) is 6.82. The first-order chi connectivity index (χ1) is 14.2. The molecule has 0 atom stereocenters. The zero-order valence-electron chi connectivity index (χ0n) is 19.8. The lowest BCUT2D eigenvalue weighted by Gasteiger charge is -2.38. The molecule has 1 amide bonds. The molecule has 0 unspecified atom stereocenters. The van der Waals surface area contributed by atoms with E-state index in [1.165, 1.54) is 24.8 Å². The number of hydrogen-bond acceptors (Lipinski definition) is 4. The largest absolute Gasteiger partial charge is 0.493 e. The quantitative estimate of drug-likeness (QED) is 0.277. The standard InChI is InChI=1S/C23H38N4O3.HI/c1-22(2,3)27-20(28)15-25-21(24-4)26-16-23(12-8-7-9-13-23)17-10-11-18(29-5)19(14-17)30-6;/h10-11,14H,7-9,12-13,15-16H2,1-6H3,(H,27,28)(H2,24,25,26);1H. The molecule has 0 aliphatic heterocycles. The number of hydrogen-bond donors (Lipinski definition) is 3. The fourth-order valence-electron chi connectivity index (χ4n) is 4.06. The lowest BCUT2D eigenvalue weighted by molar-refractivity contribution is -0.121. The third-order valence-corrected chi connectivity index (χ3v) is 5.56. The number of ether oxygens (including phenoxy) is 2. The highest BCUT2D eigenvalue weighted by atomic mass is 127. The van der Waals surface area contributed by atoms with Gasteiger partial charge in [-0.15, -0.1) is 24.0 Å². The monoisotopic (exact) mass is 546 g/mol. The number of aliphatic imine (C=N–C) groups is 1. The molecule has 1 aliphatic carbocycles. The number of guanidine groups is 1. The Bertz CT molecular complexity index is 741. The van der Waals surface area contributed by atoms with Crippen molar-refractivity contribution in [2.75, 3.05) is 34.4 Å². The van der Waals surface area contributed by atoms with Gasteiger partial charge in [-0.05, 0) is 51.3 Å². The van der Waals surface area contributed by atoms with Crippen LogP contribution in [0, 0.1) is 0 Å². The van der Waals surface area contributed by atoms with E-state index < -0.39 is 0 Å². The van der Waals surface area contributed by atoms with Crippen molar-refractivity contribution in [1.82, 2.24) is 16.0 Å². The van der Waals surface area contributed by atoms with Gasteiger partial charge in [-0.25, -0.2) is 0 Å². The van der Waals surface area contributed by atoms with Gasteiger partial charge in [-0.3, -0.25) is 9.79 Å². The second-order valence-electron chi connectivity index (χ2n) is 8.99. The van der Waals surface area contributed by atoms with E-state index in [1.807, 2.05) is 26.8 Å². The summed E-state index contributed by atoms with van der Waals surface area (Å²) >= 11 is 0. The first-order valence-electron chi connectivity index (χ1n) is 10.7. The molecule has 0 bridgehead atoms. The van der Waals surface area contributed by atoms with E-state index in [2.05, 4.69) is 33.1 Å². The Morgan fingerprint density at radius 1 is 1.06 bits per heavy atom. The summed E-state index contributed by atoms with van der Waals surface area (Å²) in [4.78, 5) is 16.4. The van der Waals surface area contributed by atoms with E-state index in [0.29, 0.717) is 5.96 Å². The summed E-state index contributed by atoms with van der Waals surface area (Å²) in [5.41, 5.74) is 0.978. The van der Waals surface area contributed by atoms with Crippen LogP contribution in [-0.2, 0) is 10.2 Å². The molecule has 31 heavy (non-hydrogen) atoms. The smallest absolute Gasteiger partial charge is 0.239 e. The minimum Gasteiger partial charge on any atom is -0.493 e. The van der Waals surface area contributed by atoms with Crippen LogP contribution in [0.1, 0.15) is 58.4 Å². The Kier molecular flexibility index (Phi) is 10.9. The van der Waals surface area contributed by atoms with Gasteiger partial charge in [0.25, 0.3) is 0 Å². The van der Waals surface area contributed by atoms with Gasteiger partial charge in [-0.2, -0.15) is 0 Å². The molecule has 1 aliphatic rings. The van der Waals surface area contributed by atoms with Crippen LogP contribution in [0.5, 0.6) is 11.5 Å². The number of nitrogens with zero attached hydrogens (tertiary/aromatic N) is 1. The zero-order valence-corrected chi connectivity index (χ0v) is 22.1. The predicted octanol–water partition coefficient (Wildman–Crippen LogP) is 3.60. The summed E-state index contributed by atoms with van der Waals surface area (Å²) < 4.78 is 10.9. The molecule has 2 rings (SSSR count). The molecule has 1 aromatic carbocycles. The maximum absolute atomic E-state index is 12.1. The van der Waals surface area contributed by atoms with Gasteiger partial charge in [0.15, 0.2) is 17.5 Å². The minimum atomic E-state index is -0.255. The molecule has 0 saturated heterocycles. The fourth-order valence-corrected chi connectivity index (χ4v) is 4.06. The van der Waals surface area contributed by atoms with Gasteiger partial charge >= 0.3 is 0 Å². The van der Waals surface area contributed by atoms with E-state index in [-0.39, 0.29) is 47.4 Å². The van der Waals surface area contributed by atoms with E-state index in [0.717, 1.165) is 30.9 Å². The van der Waals surface area contributed by atoms with Crippen LogP contribution in [0.2, 0.25) is 0 Å². The van der Waals surface area contributed by atoms with E-state index in [1.54, 1.807) is 21.3 Å². The molecule has 7 nitrogen and oxygen atoms in total. The first-order valence-corrected chi connectivity index (χ1v) is 10.7. The Hall–Kier alpha value is -1.71. The topological polar surface area (TPSA) is 84.0 Å². The van der Waals surface area contributed by atoms with Gasteiger partial charge in [0.1, 0.15) is 0 Å². The molecule has 1 saturated carbocycles. The Balaban J connectivity index is 0.00000480. The first kappa shape index (κ1) is 27.3. The zero-order chi connectivity index (χ0) is 22.2. The molecule has 8 heteroatoms. The number of benzene rings is 1. The van der Waals surface area contributed by atoms with Crippen LogP contribution in [-0.4, -0.2) is 51.8 Å². The predicted molar refractivity (Wildman–Crippen MR) is 137 cm³/mol. The second kappa shape index (κ2) is 12.4. The van der Waals surface area contributed by atoms with Crippen LogP contribution in [0.3, 0.4) is 0 Å². The van der Waals surface area contributed by atoms with Crippen molar-refractivity contribution in [3.05, 3.63) is 23.8 Å². The number of halogens is 1. The second-order valence-corrected chi connectivity index (χ2v) is 8.99. The fraction of sp³-hybridized carbons (Fsp3) is 0.652.